The number of ketones is 1. The van der Waals surface area contributed by atoms with Gasteiger partial charge in [-0.15, -0.1) is 0 Å². The van der Waals surface area contributed by atoms with Gasteiger partial charge in [0.25, 0.3) is 0 Å². The topological polar surface area (TPSA) is 60.2 Å². The highest BCUT2D eigenvalue weighted by molar-refractivity contribution is 7.16. The molecule has 1 heterocycles. The van der Waals surface area contributed by atoms with E-state index in [-0.39, 0.29) is 21.1 Å². The summed E-state index contributed by atoms with van der Waals surface area (Å²) in [5.74, 6) is 0.103. The van der Waals surface area contributed by atoms with Gasteiger partial charge >= 0.3 is 5.00 Å². The lowest BCUT2D eigenvalue weighted by Crippen LogP contribution is -2.25. The maximum Gasteiger partial charge on any atom is 0.325 e. The summed E-state index contributed by atoms with van der Waals surface area (Å²) >= 11 is 1.22. The summed E-state index contributed by atoms with van der Waals surface area (Å²) in [5, 5.41) is 10.9. The number of rotatable bonds is 1. The summed E-state index contributed by atoms with van der Waals surface area (Å²) in [6.07, 6.45) is 6.11. The van der Waals surface area contributed by atoms with E-state index in [0.29, 0.717) is 12.0 Å². The normalized spacial score (nSPS) is 21.8. The van der Waals surface area contributed by atoms with Gasteiger partial charge in [0.2, 0.25) is 0 Å². The van der Waals surface area contributed by atoms with Gasteiger partial charge in [-0.25, -0.2) is 0 Å². The van der Waals surface area contributed by atoms with Crippen molar-refractivity contribution in [1.82, 2.24) is 0 Å². The molecule has 1 saturated carbocycles. The lowest BCUT2D eigenvalue weighted by Gasteiger charge is -2.32. The summed E-state index contributed by atoms with van der Waals surface area (Å²) in [6, 6.07) is 1.48. The van der Waals surface area contributed by atoms with Gasteiger partial charge in [0.15, 0.2) is 5.78 Å². The van der Waals surface area contributed by atoms with E-state index in [4.69, 9.17) is 0 Å². The van der Waals surface area contributed by atoms with Crippen LogP contribution in [0.15, 0.2) is 6.07 Å². The van der Waals surface area contributed by atoms with E-state index < -0.39 is 0 Å². The smallest absolute Gasteiger partial charge is 0.294 e. The molecule has 0 aliphatic heterocycles. The van der Waals surface area contributed by atoms with Crippen LogP contribution in [-0.2, 0) is 5.41 Å². The van der Waals surface area contributed by atoms with Gasteiger partial charge in [-0.1, -0.05) is 30.6 Å². The molecule has 0 N–H and O–H groups in total. The monoisotopic (exact) mass is 251 g/mol. The Balaban J connectivity index is 2.08. The second-order valence-electron chi connectivity index (χ2n) is 5.03. The van der Waals surface area contributed by atoms with Crippen molar-refractivity contribution >= 4 is 22.1 Å². The Morgan fingerprint density at radius 1 is 1.29 bits per heavy atom. The van der Waals surface area contributed by atoms with Crippen LogP contribution in [0.4, 0.5) is 5.00 Å². The van der Waals surface area contributed by atoms with Gasteiger partial charge in [0.05, 0.1) is 4.92 Å². The summed E-state index contributed by atoms with van der Waals surface area (Å²) in [6.45, 7) is 0. The number of hydrogen-bond acceptors (Lipinski definition) is 4. The molecule has 0 bridgehead atoms. The highest BCUT2D eigenvalue weighted by Crippen LogP contribution is 2.52. The molecule has 17 heavy (non-hydrogen) atoms. The molecule has 3 rings (SSSR count). The predicted molar refractivity (Wildman–Crippen MR) is 64.7 cm³/mol. The largest absolute Gasteiger partial charge is 0.325 e. The molecule has 0 unspecified atom stereocenters. The number of hydrogen-bond donors (Lipinski definition) is 0. The van der Waals surface area contributed by atoms with Crippen molar-refractivity contribution in [3.05, 3.63) is 26.6 Å². The predicted octanol–water partition coefficient (Wildman–Crippen LogP) is 3.44. The van der Waals surface area contributed by atoms with E-state index in [0.717, 1.165) is 30.6 Å². The Bertz CT molecular complexity index is 500. The van der Waals surface area contributed by atoms with E-state index in [9.17, 15) is 14.9 Å². The number of Topliss-reactive ketones (excluding diaryl/α,β-unsaturated/α-hetero) is 1. The number of thiophene rings is 1. The maximum absolute atomic E-state index is 12.0. The molecule has 1 aromatic rings. The molecule has 2 aliphatic rings. The summed E-state index contributed by atoms with van der Waals surface area (Å²) < 4.78 is 0. The van der Waals surface area contributed by atoms with E-state index in [1.807, 2.05) is 0 Å². The highest BCUT2D eigenvalue weighted by atomic mass is 32.1. The molecule has 1 fully saturated rings. The van der Waals surface area contributed by atoms with Crippen LogP contribution in [0.5, 0.6) is 0 Å². The fourth-order valence-electron chi connectivity index (χ4n) is 3.18. The molecule has 0 amide bonds. The Kier molecular flexibility index (Phi) is 2.33. The van der Waals surface area contributed by atoms with Crippen molar-refractivity contribution in [3.63, 3.8) is 0 Å². The average molecular weight is 251 g/mol. The van der Waals surface area contributed by atoms with Crippen LogP contribution in [-0.4, -0.2) is 10.7 Å². The van der Waals surface area contributed by atoms with Crippen LogP contribution in [0.25, 0.3) is 0 Å². The van der Waals surface area contributed by atoms with Crippen LogP contribution in [0, 0.1) is 10.1 Å². The maximum atomic E-state index is 12.0. The third-order valence-electron chi connectivity index (χ3n) is 3.99. The number of nitrogens with zero attached hydrogens (tertiary/aromatic N) is 1. The van der Waals surface area contributed by atoms with Crippen LogP contribution in [0.1, 0.15) is 53.8 Å². The fraction of sp³-hybridized carbons (Fsp3) is 0.583. The molecule has 5 heteroatoms. The molecular weight excluding hydrogens is 238 g/mol. The third kappa shape index (κ3) is 1.52. The number of nitro groups is 1. The number of carbonyl (C=O) groups is 1. The van der Waals surface area contributed by atoms with E-state index in [2.05, 4.69) is 0 Å². The Morgan fingerprint density at radius 3 is 2.65 bits per heavy atom. The summed E-state index contributed by atoms with van der Waals surface area (Å²) in [7, 11) is 0. The van der Waals surface area contributed by atoms with Crippen LogP contribution >= 0.6 is 11.3 Å². The van der Waals surface area contributed by atoms with Gasteiger partial charge < -0.3 is 0 Å². The molecule has 0 aromatic carbocycles. The Labute approximate surface area is 103 Å². The summed E-state index contributed by atoms with van der Waals surface area (Å²) in [4.78, 5) is 23.4. The molecule has 0 saturated heterocycles. The van der Waals surface area contributed by atoms with E-state index in [1.54, 1.807) is 0 Å². The van der Waals surface area contributed by atoms with E-state index in [1.165, 1.54) is 23.8 Å². The summed E-state index contributed by atoms with van der Waals surface area (Å²) in [5.41, 5.74) is 0.576. The van der Waals surface area contributed by atoms with Crippen molar-refractivity contribution in [2.24, 2.45) is 0 Å². The average Bonchev–Trinajstić information content (AvgIpc) is 2.83. The van der Waals surface area contributed by atoms with Crippen LogP contribution in [0.3, 0.4) is 0 Å². The molecule has 1 aromatic heterocycles. The second kappa shape index (κ2) is 3.63. The second-order valence-corrected chi connectivity index (χ2v) is 6.06. The molecule has 0 atom stereocenters. The first-order valence-corrected chi connectivity index (χ1v) is 6.76. The molecule has 1 spiro atoms. The van der Waals surface area contributed by atoms with Crippen LogP contribution in [0.2, 0.25) is 0 Å². The third-order valence-corrected chi connectivity index (χ3v) is 5.32. The van der Waals surface area contributed by atoms with Gasteiger partial charge in [-0.3, -0.25) is 14.9 Å². The van der Waals surface area contributed by atoms with Gasteiger partial charge in [0, 0.05) is 28.3 Å². The first-order valence-electron chi connectivity index (χ1n) is 5.94. The number of carbonyl (C=O) groups excluding carboxylic acids is 1. The highest BCUT2D eigenvalue weighted by Gasteiger charge is 2.46. The van der Waals surface area contributed by atoms with Crippen molar-refractivity contribution in [3.8, 4) is 0 Å². The standard InChI is InChI=1S/C12H13NO3S/c14-9-7-12(4-2-1-3-5-12)11-8(9)6-10(17-11)13(15)16/h6H,1-5,7H2. The van der Waals surface area contributed by atoms with Gasteiger partial charge in [-0.05, 0) is 12.8 Å². The van der Waals surface area contributed by atoms with Crippen LogP contribution < -0.4 is 0 Å². The minimum Gasteiger partial charge on any atom is -0.294 e. The van der Waals surface area contributed by atoms with Crippen molar-refractivity contribution in [2.75, 3.05) is 0 Å². The van der Waals surface area contributed by atoms with Crippen molar-refractivity contribution in [1.29, 1.82) is 0 Å². The molecular formula is C12H13NO3S. The Hall–Kier alpha value is -1.23. The molecule has 2 aliphatic carbocycles. The number of fused-ring (bicyclic) bond motifs is 2. The molecule has 90 valence electrons. The SMILES string of the molecule is O=C1CC2(CCCCC2)c2sc([N+](=O)[O-])cc21. The Morgan fingerprint density at radius 2 is 2.00 bits per heavy atom. The zero-order valence-corrected chi connectivity index (χ0v) is 10.2. The quantitative estimate of drug-likeness (QED) is 0.567. The zero-order valence-electron chi connectivity index (χ0n) is 9.40. The lowest BCUT2D eigenvalue weighted by molar-refractivity contribution is -0.380. The van der Waals surface area contributed by atoms with Crippen molar-refractivity contribution in [2.45, 2.75) is 43.9 Å². The fourth-order valence-corrected chi connectivity index (χ4v) is 4.42. The van der Waals surface area contributed by atoms with E-state index >= 15 is 0 Å². The van der Waals surface area contributed by atoms with Gasteiger partial charge in [0.1, 0.15) is 0 Å². The lowest BCUT2D eigenvalue weighted by atomic mass is 9.73. The molecule has 4 nitrogen and oxygen atoms in total. The zero-order chi connectivity index (χ0) is 12.0. The first-order chi connectivity index (χ1) is 8.12. The minimum atomic E-state index is -0.382. The minimum absolute atomic E-state index is 0.0520. The van der Waals surface area contributed by atoms with Crippen molar-refractivity contribution < 1.29 is 9.72 Å². The molecule has 0 radical (unpaired) electrons. The first kappa shape index (κ1) is 10.9. The van der Waals surface area contributed by atoms with Gasteiger partial charge in [-0.2, -0.15) is 0 Å².